The van der Waals surface area contributed by atoms with Gasteiger partial charge in [-0.3, -0.25) is 19.1 Å². The highest BCUT2D eigenvalue weighted by Crippen LogP contribution is 2.26. The minimum atomic E-state index is -0.238. The van der Waals surface area contributed by atoms with Gasteiger partial charge in [0.05, 0.1) is 33.3 Å². The van der Waals surface area contributed by atoms with Crippen molar-refractivity contribution in [1.29, 1.82) is 0 Å². The molecular formula is C25H19ClN6O3S. The van der Waals surface area contributed by atoms with Crippen LogP contribution < -0.4 is 15.6 Å². The molecule has 5 aromatic rings. The second-order valence-electron chi connectivity index (χ2n) is 7.61. The van der Waals surface area contributed by atoms with Crippen molar-refractivity contribution < 1.29 is 9.53 Å². The van der Waals surface area contributed by atoms with E-state index in [1.165, 1.54) is 22.0 Å². The molecule has 4 aromatic heterocycles. The predicted octanol–water partition coefficient (Wildman–Crippen LogP) is 4.04. The number of ether oxygens (including phenoxy) is 1. The molecule has 0 atom stereocenters. The van der Waals surface area contributed by atoms with Crippen LogP contribution in [0.5, 0.6) is 5.75 Å². The number of amides is 1. The predicted molar refractivity (Wildman–Crippen MR) is 136 cm³/mol. The summed E-state index contributed by atoms with van der Waals surface area (Å²) in [7, 11) is 0. The van der Waals surface area contributed by atoms with E-state index in [2.05, 4.69) is 20.6 Å². The van der Waals surface area contributed by atoms with E-state index in [1.807, 2.05) is 18.2 Å². The third-order valence-corrected chi connectivity index (χ3v) is 6.39. The Balaban J connectivity index is 1.40. The molecule has 180 valence electrons. The molecule has 0 spiro atoms. The van der Waals surface area contributed by atoms with Gasteiger partial charge in [-0.15, -0.1) is 16.4 Å². The molecule has 0 fully saturated rings. The first-order chi connectivity index (χ1) is 17.6. The number of aromatic nitrogens is 5. The summed E-state index contributed by atoms with van der Waals surface area (Å²) in [5.41, 5.74) is 2.41. The van der Waals surface area contributed by atoms with Crippen LogP contribution in [-0.4, -0.2) is 30.5 Å². The second kappa shape index (κ2) is 10.5. The third kappa shape index (κ3) is 5.35. The maximum absolute atomic E-state index is 12.3. The zero-order chi connectivity index (χ0) is 24.9. The lowest BCUT2D eigenvalue weighted by Gasteiger charge is -2.14. The molecule has 0 aliphatic heterocycles. The van der Waals surface area contributed by atoms with Gasteiger partial charge in [-0.2, -0.15) is 0 Å². The highest BCUT2D eigenvalue weighted by Gasteiger charge is 2.14. The smallest absolute Gasteiger partial charge is 0.261 e. The van der Waals surface area contributed by atoms with E-state index in [9.17, 15) is 9.59 Å². The monoisotopic (exact) mass is 518 g/mol. The van der Waals surface area contributed by atoms with Crippen molar-refractivity contribution in [3.63, 3.8) is 0 Å². The number of hydrogen-bond acceptors (Lipinski definition) is 7. The SMILES string of the molecule is O=C(NCc1cn(-c2ccc(-n3ccccc3=O)cc2OCc2ccccn2)nn1)c1ccc(Cl)s1. The van der Waals surface area contributed by atoms with E-state index in [-0.39, 0.29) is 24.6 Å². The Morgan fingerprint density at radius 3 is 2.72 bits per heavy atom. The summed E-state index contributed by atoms with van der Waals surface area (Å²) < 4.78 is 9.74. The summed E-state index contributed by atoms with van der Waals surface area (Å²) in [6.07, 6.45) is 5.09. The number of nitrogens with zero attached hydrogens (tertiary/aromatic N) is 5. The highest BCUT2D eigenvalue weighted by atomic mass is 35.5. The van der Waals surface area contributed by atoms with E-state index < -0.39 is 0 Å². The fourth-order valence-corrected chi connectivity index (χ4v) is 4.38. The van der Waals surface area contributed by atoms with E-state index in [1.54, 1.807) is 65.7 Å². The molecule has 1 amide bonds. The quantitative estimate of drug-likeness (QED) is 0.332. The Morgan fingerprint density at radius 1 is 1.06 bits per heavy atom. The van der Waals surface area contributed by atoms with Gasteiger partial charge < -0.3 is 10.1 Å². The van der Waals surface area contributed by atoms with Gasteiger partial charge in [0.1, 0.15) is 23.7 Å². The van der Waals surface area contributed by atoms with Gasteiger partial charge in [-0.05, 0) is 42.5 Å². The van der Waals surface area contributed by atoms with Crippen molar-refractivity contribution in [1.82, 2.24) is 29.9 Å². The molecule has 0 unspecified atom stereocenters. The summed E-state index contributed by atoms with van der Waals surface area (Å²) in [6, 6.07) is 19.3. The Bertz CT molecular complexity index is 1560. The molecule has 1 aromatic carbocycles. The molecule has 9 nitrogen and oxygen atoms in total. The summed E-state index contributed by atoms with van der Waals surface area (Å²) in [5.74, 6) is 0.251. The van der Waals surface area contributed by atoms with Crippen LogP contribution in [0.4, 0.5) is 0 Å². The summed E-state index contributed by atoms with van der Waals surface area (Å²) in [5, 5.41) is 11.2. The molecule has 0 aliphatic rings. The number of carbonyl (C=O) groups excluding carboxylic acids is 1. The molecule has 11 heteroatoms. The molecule has 0 aliphatic carbocycles. The third-order valence-electron chi connectivity index (χ3n) is 5.16. The van der Waals surface area contributed by atoms with Gasteiger partial charge >= 0.3 is 0 Å². The van der Waals surface area contributed by atoms with Crippen molar-refractivity contribution in [2.24, 2.45) is 0 Å². The fraction of sp³-hybridized carbons (Fsp3) is 0.0800. The van der Waals surface area contributed by atoms with Crippen molar-refractivity contribution >= 4 is 28.8 Å². The summed E-state index contributed by atoms with van der Waals surface area (Å²) >= 11 is 7.11. The Morgan fingerprint density at radius 2 is 1.94 bits per heavy atom. The number of rotatable bonds is 8. The topological polar surface area (TPSA) is 104 Å². The minimum Gasteiger partial charge on any atom is -0.485 e. The van der Waals surface area contributed by atoms with Crippen LogP contribution in [0.2, 0.25) is 4.34 Å². The maximum Gasteiger partial charge on any atom is 0.261 e. The van der Waals surface area contributed by atoms with Gasteiger partial charge in [0.15, 0.2) is 0 Å². The van der Waals surface area contributed by atoms with Crippen LogP contribution in [0, 0.1) is 0 Å². The zero-order valence-electron chi connectivity index (χ0n) is 18.7. The molecule has 4 heterocycles. The first-order valence-corrected chi connectivity index (χ1v) is 12.1. The number of benzene rings is 1. The average Bonchev–Trinajstić information content (AvgIpc) is 3.56. The first-order valence-electron chi connectivity index (χ1n) is 10.9. The first kappa shape index (κ1) is 23.5. The van der Waals surface area contributed by atoms with E-state index in [0.29, 0.717) is 32.0 Å². The molecular weight excluding hydrogens is 500 g/mol. The second-order valence-corrected chi connectivity index (χ2v) is 9.33. The zero-order valence-corrected chi connectivity index (χ0v) is 20.3. The molecule has 0 bridgehead atoms. The average molecular weight is 519 g/mol. The normalized spacial score (nSPS) is 10.8. The Kier molecular flexibility index (Phi) is 6.87. The van der Waals surface area contributed by atoms with Crippen LogP contribution >= 0.6 is 22.9 Å². The van der Waals surface area contributed by atoms with Crippen molar-refractivity contribution in [3.05, 3.63) is 116 Å². The lowest BCUT2D eigenvalue weighted by Crippen LogP contribution is -2.21. The van der Waals surface area contributed by atoms with Gasteiger partial charge in [-0.25, -0.2) is 4.68 Å². The van der Waals surface area contributed by atoms with E-state index in [0.717, 1.165) is 5.69 Å². The molecule has 0 saturated carbocycles. The molecule has 36 heavy (non-hydrogen) atoms. The van der Waals surface area contributed by atoms with Gasteiger partial charge in [0, 0.05) is 24.5 Å². The van der Waals surface area contributed by atoms with Crippen LogP contribution in [0.15, 0.2) is 90.1 Å². The number of halogens is 1. The number of carbonyl (C=O) groups is 1. The van der Waals surface area contributed by atoms with Crippen LogP contribution in [-0.2, 0) is 13.2 Å². The van der Waals surface area contributed by atoms with Crippen LogP contribution in [0.25, 0.3) is 11.4 Å². The minimum absolute atomic E-state index is 0.160. The van der Waals surface area contributed by atoms with E-state index in [4.69, 9.17) is 16.3 Å². The maximum atomic E-state index is 12.3. The Labute approximate surface area is 214 Å². The fourth-order valence-electron chi connectivity index (χ4n) is 3.42. The largest absolute Gasteiger partial charge is 0.485 e. The van der Waals surface area contributed by atoms with Crippen LogP contribution in [0.1, 0.15) is 21.1 Å². The number of hydrogen-bond donors (Lipinski definition) is 1. The number of pyridine rings is 2. The van der Waals surface area contributed by atoms with Crippen molar-refractivity contribution in [2.75, 3.05) is 0 Å². The molecule has 5 rings (SSSR count). The lowest BCUT2D eigenvalue weighted by molar-refractivity contribution is 0.0954. The van der Waals surface area contributed by atoms with Crippen molar-refractivity contribution in [2.45, 2.75) is 13.2 Å². The summed E-state index contributed by atoms with van der Waals surface area (Å²) in [6.45, 7) is 0.415. The van der Waals surface area contributed by atoms with Crippen molar-refractivity contribution in [3.8, 4) is 17.1 Å². The summed E-state index contributed by atoms with van der Waals surface area (Å²) in [4.78, 5) is 29.5. The van der Waals surface area contributed by atoms with Crippen LogP contribution in [0.3, 0.4) is 0 Å². The molecule has 0 saturated heterocycles. The highest BCUT2D eigenvalue weighted by molar-refractivity contribution is 7.17. The number of nitrogens with one attached hydrogen (secondary N) is 1. The van der Waals surface area contributed by atoms with E-state index >= 15 is 0 Å². The number of thiophene rings is 1. The van der Waals surface area contributed by atoms with Gasteiger partial charge in [-0.1, -0.05) is 28.9 Å². The lowest BCUT2D eigenvalue weighted by atomic mass is 10.2. The molecule has 0 radical (unpaired) electrons. The Hall–Kier alpha value is -4.28. The standard InChI is InChI=1S/C25H19ClN6O3S/c26-23-10-9-22(36-23)25(34)28-14-18-15-32(30-29-18)20-8-7-19(31-12-4-2-6-24(31)33)13-21(20)35-16-17-5-1-3-11-27-17/h1-13,15H,14,16H2,(H,28,34). The van der Waals surface area contributed by atoms with Gasteiger partial charge in [0.2, 0.25) is 0 Å². The van der Waals surface area contributed by atoms with Gasteiger partial charge in [0.25, 0.3) is 11.5 Å². The molecule has 1 N–H and O–H groups in total.